The van der Waals surface area contributed by atoms with Crippen LogP contribution in [0.3, 0.4) is 0 Å². The standard InChI is InChI=1S/C15H17Cl2NO4/c16-11-4-10(5-12(17)6-11)13(19)7-18-14(20)8-1-2-9(3-8)15(21)22/h4-6,8-9,13,19H,1-3,7H2,(H,18,20)(H,21,22)/t8-,9+,13?/m1/s1. The van der Waals surface area contributed by atoms with Crippen molar-refractivity contribution < 1.29 is 19.8 Å². The van der Waals surface area contributed by atoms with Gasteiger partial charge in [0.2, 0.25) is 5.91 Å². The Morgan fingerprint density at radius 3 is 2.32 bits per heavy atom. The summed E-state index contributed by atoms with van der Waals surface area (Å²) in [6, 6.07) is 4.73. The van der Waals surface area contributed by atoms with Crippen LogP contribution in [0.4, 0.5) is 0 Å². The number of hydrogen-bond donors (Lipinski definition) is 3. The van der Waals surface area contributed by atoms with Gasteiger partial charge in [-0.15, -0.1) is 0 Å². The molecule has 0 radical (unpaired) electrons. The van der Waals surface area contributed by atoms with Gasteiger partial charge in [0.15, 0.2) is 0 Å². The van der Waals surface area contributed by atoms with Gasteiger partial charge in [-0.05, 0) is 43.0 Å². The molecule has 22 heavy (non-hydrogen) atoms. The minimum Gasteiger partial charge on any atom is -0.481 e. The Morgan fingerprint density at radius 2 is 1.77 bits per heavy atom. The van der Waals surface area contributed by atoms with Crippen molar-refractivity contribution in [2.45, 2.75) is 25.4 Å². The van der Waals surface area contributed by atoms with Gasteiger partial charge in [0.25, 0.3) is 0 Å². The first-order chi connectivity index (χ1) is 10.4. The molecule has 2 rings (SSSR count). The quantitative estimate of drug-likeness (QED) is 0.765. The van der Waals surface area contributed by atoms with E-state index in [0.29, 0.717) is 34.9 Å². The summed E-state index contributed by atoms with van der Waals surface area (Å²) >= 11 is 11.7. The second kappa shape index (κ2) is 7.31. The number of hydrogen-bond acceptors (Lipinski definition) is 3. The summed E-state index contributed by atoms with van der Waals surface area (Å²) in [5, 5.41) is 22.5. The van der Waals surface area contributed by atoms with Crippen molar-refractivity contribution in [3.8, 4) is 0 Å². The Kier molecular flexibility index (Phi) is 5.67. The van der Waals surface area contributed by atoms with E-state index in [1.165, 1.54) is 0 Å². The van der Waals surface area contributed by atoms with Crippen molar-refractivity contribution in [2.24, 2.45) is 11.8 Å². The van der Waals surface area contributed by atoms with Crippen molar-refractivity contribution in [1.82, 2.24) is 5.32 Å². The third-order valence-corrected chi connectivity index (χ3v) is 4.33. The average molecular weight is 346 g/mol. The molecule has 1 fully saturated rings. The Balaban J connectivity index is 1.87. The smallest absolute Gasteiger partial charge is 0.306 e. The van der Waals surface area contributed by atoms with Crippen LogP contribution in [0.15, 0.2) is 18.2 Å². The summed E-state index contributed by atoms with van der Waals surface area (Å²) in [6.45, 7) is 0.0315. The molecule has 0 saturated heterocycles. The summed E-state index contributed by atoms with van der Waals surface area (Å²) in [4.78, 5) is 22.9. The lowest BCUT2D eigenvalue weighted by atomic mass is 10.0. The van der Waals surface area contributed by atoms with Gasteiger partial charge >= 0.3 is 5.97 Å². The Labute approximate surface area is 138 Å². The first kappa shape index (κ1) is 17.1. The number of halogens is 2. The number of aliphatic carboxylic acids is 1. The number of amides is 1. The van der Waals surface area contributed by atoms with E-state index in [0.717, 1.165) is 0 Å². The molecule has 0 heterocycles. The normalized spacial score (nSPS) is 22.3. The highest BCUT2D eigenvalue weighted by atomic mass is 35.5. The largest absolute Gasteiger partial charge is 0.481 e. The number of carboxylic acids is 1. The van der Waals surface area contributed by atoms with Crippen LogP contribution >= 0.6 is 23.2 Å². The number of carbonyl (C=O) groups is 2. The highest BCUT2D eigenvalue weighted by Crippen LogP contribution is 2.31. The van der Waals surface area contributed by atoms with Gasteiger partial charge < -0.3 is 15.5 Å². The maximum Gasteiger partial charge on any atom is 0.306 e. The monoisotopic (exact) mass is 345 g/mol. The molecule has 0 spiro atoms. The Morgan fingerprint density at radius 1 is 1.18 bits per heavy atom. The Hall–Kier alpha value is -1.30. The van der Waals surface area contributed by atoms with Gasteiger partial charge in [-0.3, -0.25) is 9.59 Å². The van der Waals surface area contributed by atoms with Crippen LogP contribution in [0.2, 0.25) is 10.0 Å². The molecular formula is C15H17Cl2NO4. The second-order valence-electron chi connectivity index (χ2n) is 5.51. The number of benzene rings is 1. The van der Waals surface area contributed by atoms with Crippen LogP contribution in [-0.2, 0) is 9.59 Å². The molecule has 120 valence electrons. The van der Waals surface area contributed by atoms with Crippen LogP contribution in [0.1, 0.15) is 30.9 Å². The van der Waals surface area contributed by atoms with Crippen LogP contribution in [0, 0.1) is 11.8 Å². The van der Waals surface area contributed by atoms with E-state index >= 15 is 0 Å². The van der Waals surface area contributed by atoms with E-state index in [2.05, 4.69) is 5.32 Å². The summed E-state index contributed by atoms with van der Waals surface area (Å²) in [5.41, 5.74) is 0.521. The predicted molar refractivity (Wildman–Crippen MR) is 82.9 cm³/mol. The molecule has 3 N–H and O–H groups in total. The zero-order chi connectivity index (χ0) is 16.3. The van der Waals surface area contributed by atoms with E-state index in [-0.39, 0.29) is 18.4 Å². The third kappa shape index (κ3) is 4.35. The number of rotatable bonds is 5. The van der Waals surface area contributed by atoms with Gasteiger partial charge in [0.1, 0.15) is 0 Å². The van der Waals surface area contributed by atoms with E-state index in [9.17, 15) is 14.7 Å². The maximum atomic E-state index is 12.0. The lowest BCUT2D eigenvalue weighted by molar-refractivity contribution is -0.141. The van der Waals surface area contributed by atoms with Gasteiger partial charge in [-0.25, -0.2) is 0 Å². The van der Waals surface area contributed by atoms with Crippen molar-refractivity contribution in [2.75, 3.05) is 6.54 Å². The highest BCUT2D eigenvalue weighted by molar-refractivity contribution is 6.34. The van der Waals surface area contributed by atoms with E-state index in [1.807, 2.05) is 0 Å². The van der Waals surface area contributed by atoms with Crippen molar-refractivity contribution in [3.05, 3.63) is 33.8 Å². The molecule has 7 heteroatoms. The molecule has 1 aromatic rings. The fraction of sp³-hybridized carbons (Fsp3) is 0.467. The lowest BCUT2D eigenvalue weighted by Crippen LogP contribution is -2.33. The number of aliphatic hydroxyl groups excluding tert-OH is 1. The van der Waals surface area contributed by atoms with E-state index in [4.69, 9.17) is 28.3 Å². The summed E-state index contributed by atoms with van der Waals surface area (Å²) < 4.78 is 0. The van der Waals surface area contributed by atoms with Crippen molar-refractivity contribution in [3.63, 3.8) is 0 Å². The molecule has 0 bridgehead atoms. The zero-order valence-electron chi connectivity index (χ0n) is 11.8. The minimum atomic E-state index is -0.920. The fourth-order valence-corrected chi connectivity index (χ4v) is 3.21. The first-order valence-corrected chi connectivity index (χ1v) is 7.77. The van der Waals surface area contributed by atoms with Gasteiger partial charge in [-0.1, -0.05) is 23.2 Å². The van der Waals surface area contributed by atoms with Gasteiger partial charge in [0, 0.05) is 22.5 Å². The topological polar surface area (TPSA) is 86.6 Å². The molecular weight excluding hydrogens is 329 g/mol. The molecule has 1 amide bonds. The summed E-state index contributed by atoms with van der Waals surface area (Å²) in [7, 11) is 0. The highest BCUT2D eigenvalue weighted by Gasteiger charge is 2.33. The van der Waals surface area contributed by atoms with E-state index < -0.39 is 18.0 Å². The SMILES string of the molecule is O=C(O)[C@H]1CC[C@@H](C(=O)NCC(O)c2cc(Cl)cc(Cl)c2)C1. The average Bonchev–Trinajstić information content (AvgIpc) is 2.93. The van der Waals surface area contributed by atoms with Crippen molar-refractivity contribution >= 4 is 35.1 Å². The third-order valence-electron chi connectivity index (χ3n) is 3.89. The molecule has 1 aromatic carbocycles. The molecule has 5 nitrogen and oxygen atoms in total. The zero-order valence-corrected chi connectivity index (χ0v) is 13.3. The number of carbonyl (C=O) groups excluding carboxylic acids is 1. The predicted octanol–water partition coefficient (Wildman–Crippen LogP) is 2.64. The first-order valence-electron chi connectivity index (χ1n) is 7.01. The molecule has 1 aliphatic rings. The molecule has 3 atom stereocenters. The van der Waals surface area contributed by atoms with Crippen LogP contribution in [0.5, 0.6) is 0 Å². The summed E-state index contributed by atoms with van der Waals surface area (Å²) in [6.07, 6.45) is 0.499. The molecule has 1 unspecified atom stereocenters. The second-order valence-corrected chi connectivity index (χ2v) is 6.38. The van der Waals surface area contributed by atoms with Gasteiger partial charge in [0.05, 0.1) is 12.0 Å². The van der Waals surface area contributed by atoms with E-state index in [1.54, 1.807) is 18.2 Å². The summed E-state index contributed by atoms with van der Waals surface area (Å²) in [5.74, 6) is -1.84. The Bertz CT molecular complexity index is 558. The lowest BCUT2D eigenvalue weighted by Gasteiger charge is -2.15. The molecule has 0 aliphatic heterocycles. The van der Waals surface area contributed by atoms with Crippen LogP contribution in [0.25, 0.3) is 0 Å². The minimum absolute atomic E-state index is 0.0315. The van der Waals surface area contributed by atoms with Gasteiger partial charge in [-0.2, -0.15) is 0 Å². The fourth-order valence-electron chi connectivity index (χ4n) is 2.67. The number of carboxylic acid groups (broad SMARTS) is 1. The van der Waals surface area contributed by atoms with Crippen LogP contribution in [-0.4, -0.2) is 28.6 Å². The maximum absolute atomic E-state index is 12.0. The number of aliphatic hydroxyl groups is 1. The van der Waals surface area contributed by atoms with Crippen molar-refractivity contribution in [1.29, 1.82) is 0 Å². The number of nitrogens with one attached hydrogen (secondary N) is 1. The molecule has 1 saturated carbocycles. The molecule has 0 aromatic heterocycles. The van der Waals surface area contributed by atoms with Crippen LogP contribution < -0.4 is 5.32 Å². The molecule has 1 aliphatic carbocycles.